The summed E-state index contributed by atoms with van der Waals surface area (Å²) in [4.78, 5) is 0. The molecule has 10 heavy (non-hydrogen) atoms. The van der Waals surface area contributed by atoms with Gasteiger partial charge in [-0.2, -0.15) is 0 Å². The highest BCUT2D eigenvalue weighted by Crippen LogP contribution is 2.15. The first-order valence-electron chi connectivity index (χ1n) is 4.05. The second kappa shape index (κ2) is 4.51. The van der Waals surface area contributed by atoms with Crippen LogP contribution in [0.25, 0.3) is 0 Å². The smallest absolute Gasteiger partial charge is 0.0227 e. The van der Waals surface area contributed by atoms with E-state index in [0.717, 1.165) is 0 Å². The molecule has 0 aromatic rings. The minimum Gasteiger partial charge on any atom is -0.324 e. The number of rotatable bonds is 3. The molecule has 0 heterocycles. The van der Waals surface area contributed by atoms with E-state index in [0.29, 0.717) is 5.92 Å². The number of nitrogens with two attached hydrogens (primary N) is 1. The average molecular weight is 141 g/mol. The van der Waals surface area contributed by atoms with Crippen molar-refractivity contribution in [3.8, 4) is 0 Å². The van der Waals surface area contributed by atoms with E-state index in [4.69, 9.17) is 5.73 Å². The van der Waals surface area contributed by atoms with E-state index < -0.39 is 0 Å². The summed E-state index contributed by atoms with van der Waals surface area (Å²) in [5, 5.41) is 0. The summed E-state index contributed by atoms with van der Waals surface area (Å²) in [6.07, 6.45) is 3.32. The van der Waals surface area contributed by atoms with Crippen molar-refractivity contribution in [3.05, 3.63) is 11.6 Å². The Hall–Kier alpha value is -0.300. The Bertz CT molecular complexity index is 114. The van der Waals surface area contributed by atoms with Gasteiger partial charge in [-0.15, -0.1) is 0 Å². The fourth-order valence-corrected chi connectivity index (χ4v) is 1.23. The van der Waals surface area contributed by atoms with Crippen molar-refractivity contribution >= 4 is 0 Å². The normalized spacial score (nSPS) is 18.7. The standard InChI is InChI=1S/C9H19N/c1-5-7(3)9(6-2)8(4)10/h6-8H,5,10H2,1-4H3/b9-6+. The number of hydrogen-bond acceptors (Lipinski definition) is 1. The molecule has 0 rings (SSSR count). The van der Waals surface area contributed by atoms with Gasteiger partial charge in [0, 0.05) is 6.04 Å². The first kappa shape index (κ1) is 9.70. The molecule has 0 aliphatic rings. The third-order valence-corrected chi connectivity index (χ3v) is 2.04. The second-order valence-corrected chi connectivity index (χ2v) is 2.89. The summed E-state index contributed by atoms with van der Waals surface area (Å²) in [6, 6.07) is 0.222. The molecular weight excluding hydrogens is 122 g/mol. The molecule has 0 saturated carbocycles. The quantitative estimate of drug-likeness (QED) is 0.600. The molecule has 2 N–H and O–H groups in total. The molecule has 0 spiro atoms. The Kier molecular flexibility index (Phi) is 4.37. The summed E-state index contributed by atoms with van der Waals surface area (Å²) in [5.41, 5.74) is 7.13. The van der Waals surface area contributed by atoms with Gasteiger partial charge in [-0.25, -0.2) is 0 Å². The van der Waals surface area contributed by atoms with Crippen LogP contribution in [0.15, 0.2) is 11.6 Å². The van der Waals surface area contributed by atoms with E-state index in [1.807, 2.05) is 6.92 Å². The Labute approximate surface area is 64.3 Å². The monoisotopic (exact) mass is 141 g/mol. The van der Waals surface area contributed by atoms with Crippen LogP contribution in [0.5, 0.6) is 0 Å². The summed E-state index contributed by atoms with van der Waals surface area (Å²) in [6.45, 7) is 8.52. The Morgan fingerprint density at radius 3 is 2.10 bits per heavy atom. The zero-order valence-electron chi connectivity index (χ0n) is 7.52. The maximum Gasteiger partial charge on any atom is 0.0227 e. The van der Waals surface area contributed by atoms with Crippen molar-refractivity contribution in [1.82, 2.24) is 0 Å². The molecule has 0 amide bonds. The van der Waals surface area contributed by atoms with Crippen LogP contribution in [0.1, 0.15) is 34.1 Å². The highest BCUT2D eigenvalue weighted by atomic mass is 14.6. The summed E-state index contributed by atoms with van der Waals surface area (Å²) in [7, 11) is 0. The van der Waals surface area contributed by atoms with E-state index in [9.17, 15) is 0 Å². The van der Waals surface area contributed by atoms with Crippen LogP contribution < -0.4 is 5.73 Å². The Balaban J connectivity index is 4.08. The molecule has 0 saturated heterocycles. The van der Waals surface area contributed by atoms with Crippen LogP contribution in [-0.4, -0.2) is 6.04 Å². The van der Waals surface area contributed by atoms with E-state index in [-0.39, 0.29) is 6.04 Å². The summed E-state index contributed by atoms with van der Waals surface area (Å²) in [5.74, 6) is 0.644. The molecular formula is C9H19N. The first-order chi connectivity index (χ1) is 4.63. The molecule has 0 fully saturated rings. The Morgan fingerprint density at radius 1 is 1.50 bits per heavy atom. The van der Waals surface area contributed by atoms with E-state index in [1.165, 1.54) is 12.0 Å². The van der Waals surface area contributed by atoms with Gasteiger partial charge in [-0.3, -0.25) is 0 Å². The van der Waals surface area contributed by atoms with Gasteiger partial charge in [0.25, 0.3) is 0 Å². The first-order valence-corrected chi connectivity index (χ1v) is 4.05. The van der Waals surface area contributed by atoms with E-state index >= 15 is 0 Å². The van der Waals surface area contributed by atoms with E-state index in [1.54, 1.807) is 0 Å². The predicted molar refractivity (Wildman–Crippen MR) is 46.9 cm³/mol. The van der Waals surface area contributed by atoms with Crippen LogP contribution >= 0.6 is 0 Å². The maximum absolute atomic E-state index is 5.76. The van der Waals surface area contributed by atoms with Crippen LogP contribution in [0.4, 0.5) is 0 Å². The maximum atomic E-state index is 5.76. The molecule has 0 aromatic carbocycles. The van der Waals surface area contributed by atoms with Gasteiger partial charge in [0.2, 0.25) is 0 Å². The molecule has 2 unspecified atom stereocenters. The molecule has 0 radical (unpaired) electrons. The van der Waals surface area contributed by atoms with Gasteiger partial charge >= 0.3 is 0 Å². The van der Waals surface area contributed by atoms with Crippen molar-refractivity contribution in [2.24, 2.45) is 11.7 Å². The molecule has 0 aliphatic carbocycles. The lowest BCUT2D eigenvalue weighted by Gasteiger charge is -2.16. The van der Waals surface area contributed by atoms with Gasteiger partial charge < -0.3 is 5.73 Å². The highest BCUT2D eigenvalue weighted by Gasteiger charge is 2.08. The van der Waals surface area contributed by atoms with Crippen molar-refractivity contribution in [2.45, 2.75) is 40.2 Å². The van der Waals surface area contributed by atoms with Gasteiger partial charge in [-0.1, -0.05) is 25.5 Å². The zero-order chi connectivity index (χ0) is 8.15. The predicted octanol–water partition coefficient (Wildman–Crippen LogP) is 2.33. The second-order valence-electron chi connectivity index (χ2n) is 2.89. The van der Waals surface area contributed by atoms with Crippen molar-refractivity contribution in [2.75, 3.05) is 0 Å². The summed E-state index contributed by atoms with van der Waals surface area (Å²) >= 11 is 0. The fourth-order valence-electron chi connectivity index (χ4n) is 1.23. The Morgan fingerprint density at radius 2 is 2.00 bits per heavy atom. The van der Waals surface area contributed by atoms with Crippen molar-refractivity contribution in [3.63, 3.8) is 0 Å². The lowest BCUT2D eigenvalue weighted by molar-refractivity contribution is 0.600. The molecule has 0 aromatic heterocycles. The fraction of sp³-hybridized carbons (Fsp3) is 0.778. The molecule has 1 nitrogen and oxygen atoms in total. The average Bonchev–Trinajstić information content (AvgIpc) is 1.88. The van der Waals surface area contributed by atoms with Gasteiger partial charge in [0.05, 0.1) is 0 Å². The van der Waals surface area contributed by atoms with Crippen molar-refractivity contribution in [1.29, 1.82) is 0 Å². The minimum absolute atomic E-state index is 0.222. The van der Waals surface area contributed by atoms with Crippen molar-refractivity contribution < 1.29 is 0 Å². The number of hydrogen-bond donors (Lipinski definition) is 1. The third kappa shape index (κ3) is 2.53. The van der Waals surface area contributed by atoms with Crippen LogP contribution in [0.3, 0.4) is 0 Å². The molecule has 60 valence electrons. The van der Waals surface area contributed by atoms with Gasteiger partial charge in [0.1, 0.15) is 0 Å². The number of allylic oxidation sites excluding steroid dienone is 1. The largest absolute Gasteiger partial charge is 0.324 e. The zero-order valence-corrected chi connectivity index (χ0v) is 7.52. The van der Waals surface area contributed by atoms with Crippen LogP contribution in [0, 0.1) is 5.92 Å². The lowest BCUT2D eigenvalue weighted by atomic mass is 9.93. The summed E-state index contributed by atoms with van der Waals surface area (Å²) < 4.78 is 0. The SMILES string of the molecule is C/C=C(/C(C)N)C(C)CC. The van der Waals surface area contributed by atoms with Gasteiger partial charge in [0.15, 0.2) is 0 Å². The molecule has 1 heteroatoms. The van der Waals surface area contributed by atoms with E-state index in [2.05, 4.69) is 26.8 Å². The highest BCUT2D eigenvalue weighted by molar-refractivity contribution is 5.10. The molecule has 2 atom stereocenters. The lowest BCUT2D eigenvalue weighted by Crippen LogP contribution is -2.21. The minimum atomic E-state index is 0.222. The molecule has 0 bridgehead atoms. The topological polar surface area (TPSA) is 26.0 Å². The van der Waals surface area contributed by atoms with Gasteiger partial charge in [-0.05, 0) is 26.2 Å². The third-order valence-electron chi connectivity index (χ3n) is 2.04. The van der Waals surface area contributed by atoms with Crippen LogP contribution in [0.2, 0.25) is 0 Å². The molecule has 0 aliphatic heterocycles. The van der Waals surface area contributed by atoms with Crippen LogP contribution in [-0.2, 0) is 0 Å².